The van der Waals surface area contributed by atoms with Gasteiger partial charge in [0.1, 0.15) is 11.6 Å². The molecule has 0 aliphatic rings. The summed E-state index contributed by atoms with van der Waals surface area (Å²) in [6.45, 7) is 0. The van der Waals surface area contributed by atoms with Crippen molar-refractivity contribution in [2.75, 3.05) is 0 Å². The fourth-order valence-electron chi connectivity index (χ4n) is 2.92. The van der Waals surface area contributed by atoms with Gasteiger partial charge in [-0.2, -0.15) is 0 Å². The number of aromatic nitrogens is 2. The first-order valence-electron chi connectivity index (χ1n) is 8.38. The van der Waals surface area contributed by atoms with Gasteiger partial charge in [-0.1, -0.05) is 54.1 Å². The predicted octanol–water partition coefficient (Wildman–Crippen LogP) is 4.92. The number of para-hydroxylation sites is 3. The van der Waals surface area contributed by atoms with E-state index in [1.165, 1.54) is 4.57 Å². The smallest absolute Gasteiger partial charge is 0.266 e. The molecule has 0 amide bonds. The molecule has 3 aromatic carbocycles. The van der Waals surface area contributed by atoms with Crippen molar-refractivity contribution in [2.45, 2.75) is 0 Å². The fourth-order valence-corrected chi connectivity index (χ4v) is 3.14. The Hall–Kier alpha value is -3.37. The summed E-state index contributed by atoms with van der Waals surface area (Å²) in [6.07, 6.45) is 3.42. The minimum atomic E-state index is -0.203. The van der Waals surface area contributed by atoms with Crippen molar-refractivity contribution in [3.05, 3.63) is 99.6 Å². The zero-order valence-corrected chi connectivity index (χ0v) is 15.0. The van der Waals surface area contributed by atoms with Gasteiger partial charge < -0.3 is 5.11 Å². The van der Waals surface area contributed by atoms with Crippen LogP contribution in [0.4, 0.5) is 0 Å². The molecule has 0 spiro atoms. The summed E-state index contributed by atoms with van der Waals surface area (Å²) >= 11 is 6.34. The second kappa shape index (κ2) is 7.09. The van der Waals surface area contributed by atoms with E-state index in [9.17, 15) is 9.90 Å². The highest BCUT2D eigenvalue weighted by Gasteiger charge is 2.13. The molecule has 4 aromatic rings. The number of fused-ring (bicyclic) bond motifs is 1. The molecule has 5 heteroatoms. The number of aromatic hydroxyl groups is 1. The molecular weight excluding hydrogens is 360 g/mol. The fraction of sp³-hybridized carbons (Fsp3) is 0. The van der Waals surface area contributed by atoms with E-state index < -0.39 is 0 Å². The van der Waals surface area contributed by atoms with E-state index >= 15 is 0 Å². The second-order valence-electron chi connectivity index (χ2n) is 5.97. The van der Waals surface area contributed by atoms with Crippen molar-refractivity contribution in [3.63, 3.8) is 0 Å². The van der Waals surface area contributed by atoms with E-state index in [4.69, 9.17) is 11.6 Å². The van der Waals surface area contributed by atoms with Gasteiger partial charge in [0.15, 0.2) is 0 Å². The molecule has 0 fully saturated rings. The molecule has 4 nitrogen and oxygen atoms in total. The Balaban J connectivity index is 1.99. The van der Waals surface area contributed by atoms with Crippen LogP contribution < -0.4 is 5.56 Å². The topological polar surface area (TPSA) is 55.1 Å². The zero-order chi connectivity index (χ0) is 18.8. The molecule has 1 heterocycles. The number of phenols is 1. The summed E-state index contributed by atoms with van der Waals surface area (Å²) in [4.78, 5) is 17.8. The zero-order valence-electron chi connectivity index (χ0n) is 14.2. The Labute approximate surface area is 160 Å². The van der Waals surface area contributed by atoms with E-state index in [0.717, 1.165) is 0 Å². The van der Waals surface area contributed by atoms with Gasteiger partial charge >= 0.3 is 0 Å². The Morgan fingerprint density at radius 1 is 0.889 bits per heavy atom. The number of nitrogens with zero attached hydrogens (tertiary/aromatic N) is 2. The van der Waals surface area contributed by atoms with Gasteiger partial charge in [-0.15, -0.1) is 0 Å². The molecule has 132 valence electrons. The molecular formula is C22H15ClN2O2. The van der Waals surface area contributed by atoms with Gasteiger partial charge in [-0.25, -0.2) is 4.98 Å². The van der Waals surface area contributed by atoms with Crippen LogP contribution in [0.2, 0.25) is 5.02 Å². The first-order valence-corrected chi connectivity index (χ1v) is 8.76. The van der Waals surface area contributed by atoms with Crippen molar-refractivity contribution in [2.24, 2.45) is 0 Å². The van der Waals surface area contributed by atoms with Gasteiger partial charge in [-0.05, 0) is 42.5 Å². The van der Waals surface area contributed by atoms with E-state index in [1.807, 2.05) is 24.3 Å². The quantitative estimate of drug-likeness (QED) is 0.554. The normalized spacial score (nSPS) is 11.3. The van der Waals surface area contributed by atoms with Crippen molar-refractivity contribution in [1.82, 2.24) is 9.55 Å². The molecule has 0 radical (unpaired) electrons. The summed E-state index contributed by atoms with van der Waals surface area (Å²) in [5, 5.41) is 10.9. The number of hydrogen-bond acceptors (Lipinski definition) is 3. The molecule has 27 heavy (non-hydrogen) atoms. The van der Waals surface area contributed by atoms with Crippen molar-refractivity contribution < 1.29 is 5.11 Å². The summed E-state index contributed by atoms with van der Waals surface area (Å²) in [5.41, 5.74) is 1.58. The van der Waals surface area contributed by atoms with E-state index in [2.05, 4.69) is 4.98 Å². The van der Waals surface area contributed by atoms with Gasteiger partial charge in [0.2, 0.25) is 0 Å². The lowest BCUT2D eigenvalue weighted by molar-refractivity contribution is 0.474. The third kappa shape index (κ3) is 3.23. The van der Waals surface area contributed by atoms with Gasteiger partial charge in [0, 0.05) is 5.56 Å². The van der Waals surface area contributed by atoms with Crippen LogP contribution in [0.1, 0.15) is 11.4 Å². The molecule has 0 saturated carbocycles. The maximum absolute atomic E-state index is 13.2. The number of phenolic OH excluding ortho intramolecular Hbond substituents is 1. The van der Waals surface area contributed by atoms with E-state index in [1.54, 1.807) is 60.7 Å². The summed E-state index contributed by atoms with van der Waals surface area (Å²) in [5.74, 6) is 0.580. The highest BCUT2D eigenvalue weighted by molar-refractivity contribution is 6.32. The summed E-state index contributed by atoms with van der Waals surface area (Å²) < 4.78 is 1.49. The van der Waals surface area contributed by atoms with E-state index in [-0.39, 0.29) is 11.3 Å². The third-order valence-electron chi connectivity index (χ3n) is 4.24. The Bertz CT molecular complexity index is 1230. The highest BCUT2D eigenvalue weighted by Crippen LogP contribution is 2.23. The summed E-state index contributed by atoms with van der Waals surface area (Å²) in [7, 11) is 0. The van der Waals surface area contributed by atoms with Crippen LogP contribution in [0.3, 0.4) is 0 Å². The minimum absolute atomic E-state index is 0.154. The molecule has 1 aromatic heterocycles. The first kappa shape index (κ1) is 17.1. The maximum atomic E-state index is 13.2. The van der Waals surface area contributed by atoms with Crippen LogP contribution in [0.5, 0.6) is 5.75 Å². The molecule has 1 N–H and O–H groups in total. The van der Waals surface area contributed by atoms with Crippen LogP contribution in [0, 0.1) is 0 Å². The molecule has 0 unspecified atom stereocenters. The van der Waals surface area contributed by atoms with Crippen LogP contribution in [0.15, 0.2) is 77.6 Å². The van der Waals surface area contributed by atoms with Crippen LogP contribution in [-0.2, 0) is 0 Å². The standard InChI is InChI=1S/C22H15ClN2O2/c23-17-9-3-5-11-19(17)25-21(14-13-15-7-1-6-12-20(15)26)24-18-10-4-2-8-16(18)22(25)27/h1-14,26H/b14-13+. The Morgan fingerprint density at radius 2 is 1.59 bits per heavy atom. The van der Waals surface area contributed by atoms with Crippen LogP contribution in [0.25, 0.3) is 28.7 Å². The Kier molecular flexibility index (Phi) is 4.48. The predicted molar refractivity (Wildman–Crippen MR) is 109 cm³/mol. The van der Waals surface area contributed by atoms with Crippen LogP contribution >= 0.6 is 11.6 Å². The third-order valence-corrected chi connectivity index (χ3v) is 4.56. The first-order chi connectivity index (χ1) is 13.1. The van der Waals surface area contributed by atoms with E-state index in [0.29, 0.717) is 33.0 Å². The molecule has 0 saturated heterocycles. The molecule has 0 bridgehead atoms. The van der Waals surface area contributed by atoms with Gasteiger partial charge in [-0.3, -0.25) is 9.36 Å². The number of rotatable bonds is 3. The average Bonchev–Trinajstić information content (AvgIpc) is 2.68. The maximum Gasteiger partial charge on any atom is 0.266 e. The van der Waals surface area contributed by atoms with Crippen molar-refractivity contribution in [3.8, 4) is 11.4 Å². The second-order valence-corrected chi connectivity index (χ2v) is 6.38. The van der Waals surface area contributed by atoms with Crippen LogP contribution in [-0.4, -0.2) is 14.7 Å². The lowest BCUT2D eigenvalue weighted by atomic mass is 10.2. The van der Waals surface area contributed by atoms with Gasteiger partial charge in [0.25, 0.3) is 5.56 Å². The SMILES string of the molecule is O=c1c2ccccc2nc(/C=C/c2ccccc2O)n1-c1ccccc1Cl. The van der Waals surface area contributed by atoms with Crippen molar-refractivity contribution >= 4 is 34.7 Å². The molecule has 4 rings (SSSR count). The summed E-state index contributed by atoms with van der Waals surface area (Å²) in [6, 6.07) is 21.3. The molecule has 0 aliphatic heterocycles. The lowest BCUT2D eigenvalue weighted by Crippen LogP contribution is -2.22. The average molecular weight is 375 g/mol. The highest BCUT2D eigenvalue weighted by atomic mass is 35.5. The Morgan fingerprint density at radius 3 is 2.41 bits per heavy atom. The monoisotopic (exact) mass is 374 g/mol. The molecule has 0 atom stereocenters. The lowest BCUT2D eigenvalue weighted by Gasteiger charge is -2.12. The van der Waals surface area contributed by atoms with Gasteiger partial charge in [0.05, 0.1) is 21.6 Å². The van der Waals surface area contributed by atoms with Crippen molar-refractivity contribution in [1.29, 1.82) is 0 Å². The number of benzene rings is 3. The number of halogens is 1. The largest absolute Gasteiger partial charge is 0.507 e. The number of hydrogen-bond donors (Lipinski definition) is 1. The molecule has 0 aliphatic carbocycles. The minimum Gasteiger partial charge on any atom is -0.507 e.